The Morgan fingerprint density at radius 1 is 1.16 bits per heavy atom. The van der Waals surface area contributed by atoms with Crippen molar-refractivity contribution >= 4 is 35.6 Å². The van der Waals surface area contributed by atoms with Crippen LogP contribution in [-0.4, -0.2) is 101 Å². The maximum absolute atomic E-state index is 14.8. The van der Waals surface area contributed by atoms with E-state index in [9.17, 15) is 18.4 Å². The molecule has 11 nitrogen and oxygen atoms in total. The molecule has 45 heavy (non-hydrogen) atoms. The predicted molar refractivity (Wildman–Crippen MR) is 166 cm³/mol. The minimum atomic E-state index is -1.07. The van der Waals surface area contributed by atoms with Crippen LogP contribution in [0.15, 0.2) is 36.5 Å². The molecule has 3 aromatic rings. The predicted octanol–water partition coefficient (Wildman–Crippen LogP) is 4.14. The summed E-state index contributed by atoms with van der Waals surface area (Å²) in [4.78, 5) is 44.9. The fourth-order valence-electron chi connectivity index (χ4n) is 4.95. The van der Waals surface area contributed by atoms with Crippen molar-refractivity contribution in [3.05, 3.63) is 70.1 Å². The molecule has 0 bridgehead atoms. The van der Waals surface area contributed by atoms with E-state index >= 15 is 0 Å². The Morgan fingerprint density at radius 3 is 2.47 bits per heavy atom. The normalized spacial score (nSPS) is 13.2. The maximum Gasteiger partial charge on any atom is 0.291 e. The standard InChI is InChI=1S/C30H34ClF2N7O2.CH2O2/c1-37(2)12-5-13-39-14-16-40(17-15-39)30(42)22-10-8-21(18-24(22)31)36-29(41)28-35-19-25(38(28)3)23-9-7-20(6-4-11-34)26(32)27(23)33;2-1-3/h7-10,18-19H,4-6,12-17H2,1-3H3,(H,36,41);1H,(H,2,3). The molecule has 0 radical (unpaired) electrons. The van der Waals surface area contributed by atoms with Gasteiger partial charge in [0.05, 0.1) is 28.5 Å². The lowest BCUT2D eigenvalue weighted by Gasteiger charge is -2.35. The summed E-state index contributed by atoms with van der Waals surface area (Å²) in [6, 6.07) is 9.42. The summed E-state index contributed by atoms with van der Waals surface area (Å²) in [7, 11) is 5.63. The van der Waals surface area contributed by atoms with E-state index in [4.69, 9.17) is 26.8 Å². The molecule has 1 saturated heterocycles. The van der Waals surface area contributed by atoms with Gasteiger partial charge in [0.1, 0.15) is 0 Å². The highest BCUT2D eigenvalue weighted by Gasteiger charge is 2.25. The largest absolute Gasteiger partial charge is 0.483 e. The summed E-state index contributed by atoms with van der Waals surface area (Å²) < 4.78 is 30.8. The van der Waals surface area contributed by atoms with Crippen LogP contribution in [0.25, 0.3) is 11.3 Å². The van der Waals surface area contributed by atoms with Crippen LogP contribution in [0.2, 0.25) is 5.02 Å². The van der Waals surface area contributed by atoms with E-state index in [-0.39, 0.29) is 52.9 Å². The molecule has 0 aliphatic carbocycles. The number of hydrogen-bond acceptors (Lipinski definition) is 7. The van der Waals surface area contributed by atoms with Gasteiger partial charge >= 0.3 is 0 Å². The number of aryl methyl sites for hydroxylation is 1. The first-order chi connectivity index (χ1) is 21.5. The number of rotatable bonds is 10. The van der Waals surface area contributed by atoms with Gasteiger partial charge in [-0.2, -0.15) is 5.26 Å². The number of carbonyl (C=O) groups is 3. The van der Waals surface area contributed by atoms with Gasteiger partial charge in [0.25, 0.3) is 18.3 Å². The fourth-order valence-corrected chi connectivity index (χ4v) is 5.21. The Morgan fingerprint density at radius 2 is 1.84 bits per heavy atom. The van der Waals surface area contributed by atoms with Crippen LogP contribution in [0.5, 0.6) is 0 Å². The smallest absolute Gasteiger partial charge is 0.291 e. The van der Waals surface area contributed by atoms with Crippen LogP contribution >= 0.6 is 11.6 Å². The summed E-state index contributed by atoms with van der Waals surface area (Å²) in [6.07, 6.45) is 2.53. The van der Waals surface area contributed by atoms with Crippen molar-refractivity contribution in [1.29, 1.82) is 5.26 Å². The molecule has 2 aromatic carbocycles. The number of halogens is 3. The first-order valence-corrected chi connectivity index (χ1v) is 14.6. The van der Waals surface area contributed by atoms with Crippen molar-refractivity contribution < 1.29 is 28.3 Å². The molecule has 0 saturated carbocycles. The lowest BCUT2D eigenvalue weighted by Crippen LogP contribution is -2.49. The summed E-state index contributed by atoms with van der Waals surface area (Å²) in [5.74, 6) is -2.87. The highest BCUT2D eigenvalue weighted by atomic mass is 35.5. The van der Waals surface area contributed by atoms with Crippen molar-refractivity contribution in [3.8, 4) is 17.3 Å². The first-order valence-electron chi connectivity index (χ1n) is 14.2. The van der Waals surface area contributed by atoms with Crippen LogP contribution in [-0.2, 0) is 18.3 Å². The average Bonchev–Trinajstić information content (AvgIpc) is 3.39. The second-order valence-electron chi connectivity index (χ2n) is 10.6. The molecular formula is C31H36ClF2N7O4. The van der Waals surface area contributed by atoms with E-state index in [0.29, 0.717) is 24.3 Å². The van der Waals surface area contributed by atoms with E-state index in [1.54, 1.807) is 17.0 Å². The number of amides is 2. The first kappa shape index (κ1) is 35.1. The molecule has 1 aliphatic rings. The van der Waals surface area contributed by atoms with Gasteiger partial charge in [-0.05, 0) is 69.9 Å². The van der Waals surface area contributed by atoms with Gasteiger partial charge in [0.15, 0.2) is 17.5 Å². The number of carbonyl (C=O) groups excluding carboxylic acids is 2. The Hall–Kier alpha value is -4.38. The highest BCUT2D eigenvalue weighted by molar-refractivity contribution is 6.34. The van der Waals surface area contributed by atoms with Gasteiger partial charge in [-0.15, -0.1) is 0 Å². The SMILES string of the molecule is CN(C)CCCN1CCN(C(=O)c2ccc(NC(=O)c3ncc(-c4ccc(CCC#N)c(F)c4F)n3C)cc2Cl)CC1.O=CO. The molecule has 2 N–H and O–H groups in total. The van der Waals surface area contributed by atoms with Gasteiger partial charge in [0.2, 0.25) is 0 Å². The summed E-state index contributed by atoms with van der Waals surface area (Å²) >= 11 is 6.46. The summed E-state index contributed by atoms with van der Waals surface area (Å²) in [5.41, 5.74) is 0.971. The zero-order chi connectivity index (χ0) is 33.1. The number of aromatic nitrogens is 2. The van der Waals surface area contributed by atoms with Crippen LogP contribution in [0.1, 0.15) is 39.4 Å². The van der Waals surface area contributed by atoms with Crippen LogP contribution in [0, 0.1) is 23.0 Å². The molecule has 1 fully saturated rings. The number of nitrogens with one attached hydrogen (secondary N) is 1. The lowest BCUT2D eigenvalue weighted by molar-refractivity contribution is -0.122. The van der Waals surface area contributed by atoms with E-state index in [0.717, 1.165) is 32.6 Å². The Kier molecular flexibility index (Phi) is 13.0. The van der Waals surface area contributed by atoms with E-state index in [1.165, 1.54) is 36.0 Å². The highest BCUT2D eigenvalue weighted by Crippen LogP contribution is 2.28. The van der Waals surface area contributed by atoms with Crippen molar-refractivity contribution in [3.63, 3.8) is 0 Å². The van der Waals surface area contributed by atoms with Gasteiger partial charge in [-0.25, -0.2) is 13.8 Å². The monoisotopic (exact) mass is 643 g/mol. The molecule has 0 unspecified atom stereocenters. The molecule has 14 heteroatoms. The number of carboxylic acid groups (broad SMARTS) is 1. The molecule has 2 amide bonds. The zero-order valence-electron chi connectivity index (χ0n) is 25.4. The number of benzene rings is 2. The van der Waals surface area contributed by atoms with Gasteiger partial charge in [-0.1, -0.05) is 17.7 Å². The maximum atomic E-state index is 14.8. The Balaban J connectivity index is 0.00000177. The minimum Gasteiger partial charge on any atom is -0.483 e. The molecular weight excluding hydrogens is 608 g/mol. The molecule has 2 heterocycles. The lowest BCUT2D eigenvalue weighted by atomic mass is 10.0. The minimum absolute atomic E-state index is 0.0295. The van der Waals surface area contributed by atoms with Crippen LogP contribution in [0.3, 0.4) is 0 Å². The second kappa shape index (κ2) is 16.6. The Labute approximate surface area is 265 Å². The number of imidazole rings is 1. The molecule has 1 aliphatic heterocycles. The molecule has 1 aromatic heterocycles. The zero-order valence-corrected chi connectivity index (χ0v) is 26.2. The van der Waals surface area contributed by atoms with Crippen molar-refractivity contribution in [1.82, 2.24) is 24.3 Å². The van der Waals surface area contributed by atoms with E-state index in [2.05, 4.69) is 34.2 Å². The third-order valence-electron chi connectivity index (χ3n) is 7.33. The Bertz CT molecular complexity index is 1550. The van der Waals surface area contributed by atoms with Gasteiger partial charge < -0.3 is 24.8 Å². The third kappa shape index (κ3) is 9.07. The third-order valence-corrected chi connectivity index (χ3v) is 7.64. The topological polar surface area (TPSA) is 135 Å². The number of piperazine rings is 1. The summed E-state index contributed by atoms with van der Waals surface area (Å²) in [5, 5.41) is 18.5. The molecule has 0 spiro atoms. The van der Waals surface area contributed by atoms with Gasteiger partial charge in [-0.3, -0.25) is 19.3 Å². The van der Waals surface area contributed by atoms with Crippen LogP contribution in [0.4, 0.5) is 14.5 Å². The fraction of sp³-hybridized carbons (Fsp3) is 0.387. The summed E-state index contributed by atoms with van der Waals surface area (Å²) in [6.45, 7) is 4.61. The molecule has 0 atom stereocenters. The number of nitrogens with zero attached hydrogens (tertiary/aromatic N) is 6. The number of anilines is 1. The van der Waals surface area contributed by atoms with Crippen molar-refractivity contribution in [2.45, 2.75) is 19.3 Å². The van der Waals surface area contributed by atoms with Gasteiger partial charge in [0, 0.05) is 50.9 Å². The second-order valence-corrected chi connectivity index (χ2v) is 11.0. The number of nitriles is 1. The number of hydrogen-bond donors (Lipinski definition) is 2. The molecule has 240 valence electrons. The van der Waals surface area contributed by atoms with Crippen LogP contribution < -0.4 is 5.32 Å². The molecule has 4 rings (SSSR count). The van der Waals surface area contributed by atoms with Crippen molar-refractivity contribution in [2.24, 2.45) is 7.05 Å². The van der Waals surface area contributed by atoms with E-state index < -0.39 is 17.5 Å². The van der Waals surface area contributed by atoms with E-state index in [1.807, 2.05) is 6.07 Å². The average molecular weight is 644 g/mol. The quantitative estimate of drug-likeness (QED) is 0.315. The van der Waals surface area contributed by atoms with Crippen molar-refractivity contribution in [2.75, 3.05) is 58.7 Å².